The van der Waals surface area contributed by atoms with Crippen LogP contribution in [0.3, 0.4) is 0 Å². The van der Waals surface area contributed by atoms with Crippen LogP contribution in [0.4, 0.5) is 21.9 Å². The van der Waals surface area contributed by atoms with Gasteiger partial charge in [-0.15, -0.1) is 11.3 Å². The second-order valence-electron chi connectivity index (χ2n) is 10.2. The van der Waals surface area contributed by atoms with Crippen LogP contribution >= 0.6 is 11.3 Å². The monoisotopic (exact) mass is 548 g/mol. The first-order chi connectivity index (χ1) is 18.4. The summed E-state index contributed by atoms with van der Waals surface area (Å²) in [5, 5.41) is 28.3. The highest BCUT2D eigenvalue weighted by molar-refractivity contribution is 7.13. The van der Waals surface area contributed by atoms with Gasteiger partial charge in [0, 0.05) is 30.6 Å². The van der Waals surface area contributed by atoms with Gasteiger partial charge in [-0.25, -0.2) is 4.79 Å². The lowest BCUT2D eigenvalue weighted by molar-refractivity contribution is 0.0635. The molecule has 204 valence electrons. The molecule has 2 aromatic heterocycles. The summed E-state index contributed by atoms with van der Waals surface area (Å²) in [7, 11) is 3.55. The molecule has 4 aromatic rings. The van der Waals surface area contributed by atoms with Crippen LogP contribution in [0.15, 0.2) is 66.0 Å². The van der Waals surface area contributed by atoms with Crippen molar-refractivity contribution in [2.75, 3.05) is 29.6 Å². The van der Waals surface area contributed by atoms with E-state index >= 15 is 0 Å². The number of anilines is 3. The third kappa shape index (κ3) is 6.71. The first-order valence-electron chi connectivity index (χ1n) is 12.3. The van der Waals surface area contributed by atoms with Gasteiger partial charge in [-0.2, -0.15) is 0 Å². The SMILES string of the molecule is CN(C)c1cc(O)n(Cc2ccc(C(=O)Nc3cc(-c4cccs4)ccc3NC(=O)OC(C)(C)C)cc2)c1O. The van der Waals surface area contributed by atoms with E-state index < -0.39 is 11.7 Å². The van der Waals surface area contributed by atoms with Gasteiger partial charge in [0.15, 0.2) is 5.88 Å². The van der Waals surface area contributed by atoms with Crippen LogP contribution in [0, 0.1) is 0 Å². The molecule has 0 fully saturated rings. The Labute approximate surface area is 231 Å². The lowest BCUT2D eigenvalue weighted by Gasteiger charge is -2.21. The number of rotatable bonds is 7. The Hall–Kier alpha value is -4.44. The zero-order valence-electron chi connectivity index (χ0n) is 22.5. The lowest BCUT2D eigenvalue weighted by atomic mass is 10.1. The van der Waals surface area contributed by atoms with Crippen molar-refractivity contribution in [3.05, 3.63) is 77.2 Å². The summed E-state index contributed by atoms with van der Waals surface area (Å²) in [5.41, 5.74) is 2.75. The standard InChI is InChI=1S/C29H32N4O5S/c1-29(2,3)38-28(37)31-21-13-12-20(24-7-6-14-39-24)15-22(21)30-26(35)19-10-8-18(9-11-19)17-33-25(34)16-23(27(33)36)32(4)5/h6-16,34,36H,17H2,1-5H3,(H,30,35)(H,31,37). The molecule has 0 saturated heterocycles. The average Bonchev–Trinajstić information content (AvgIpc) is 3.49. The third-order valence-electron chi connectivity index (χ3n) is 5.77. The Morgan fingerprint density at radius 2 is 1.69 bits per heavy atom. The molecule has 39 heavy (non-hydrogen) atoms. The lowest BCUT2D eigenvalue weighted by Crippen LogP contribution is -2.27. The van der Waals surface area contributed by atoms with Crippen molar-refractivity contribution in [2.24, 2.45) is 0 Å². The number of hydrogen-bond acceptors (Lipinski definition) is 7. The normalized spacial score (nSPS) is 11.2. The van der Waals surface area contributed by atoms with Crippen molar-refractivity contribution in [1.82, 2.24) is 4.57 Å². The number of ether oxygens (including phenoxy) is 1. The average molecular weight is 549 g/mol. The number of aromatic nitrogens is 1. The number of carbonyl (C=O) groups is 2. The number of aromatic hydroxyl groups is 2. The Bertz CT molecular complexity index is 1470. The van der Waals surface area contributed by atoms with Gasteiger partial charge in [-0.05, 0) is 67.6 Å². The van der Waals surface area contributed by atoms with Crippen LogP contribution in [0.25, 0.3) is 10.4 Å². The van der Waals surface area contributed by atoms with Crippen LogP contribution < -0.4 is 15.5 Å². The molecule has 0 unspecified atom stereocenters. The summed E-state index contributed by atoms with van der Waals surface area (Å²) >= 11 is 1.57. The van der Waals surface area contributed by atoms with Gasteiger partial charge in [0.25, 0.3) is 5.91 Å². The quantitative estimate of drug-likeness (QED) is 0.214. The molecule has 0 bridgehead atoms. The highest BCUT2D eigenvalue weighted by Gasteiger charge is 2.19. The molecule has 0 radical (unpaired) electrons. The van der Waals surface area contributed by atoms with Crippen molar-refractivity contribution < 1.29 is 24.5 Å². The van der Waals surface area contributed by atoms with Gasteiger partial charge in [-0.1, -0.05) is 24.3 Å². The first kappa shape index (κ1) is 27.6. The van der Waals surface area contributed by atoms with Gasteiger partial charge >= 0.3 is 6.09 Å². The van der Waals surface area contributed by atoms with E-state index in [1.54, 1.807) is 81.4 Å². The summed E-state index contributed by atoms with van der Waals surface area (Å²) < 4.78 is 6.77. The maximum Gasteiger partial charge on any atom is 0.412 e. The molecule has 0 saturated carbocycles. The molecular weight excluding hydrogens is 516 g/mol. The van der Waals surface area contributed by atoms with Crippen LogP contribution in [-0.2, 0) is 11.3 Å². The number of nitrogens with zero attached hydrogens (tertiary/aromatic N) is 2. The molecule has 0 aliphatic heterocycles. The summed E-state index contributed by atoms with van der Waals surface area (Å²) in [6.07, 6.45) is -0.625. The Morgan fingerprint density at radius 1 is 0.974 bits per heavy atom. The largest absolute Gasteiger partial charge is 0.494 e. The van der Waals surface area contributed by atoms with E-state index in [1.807, 2.05) is 29.6 Å². The van der Waals surface area contributed by atoms with E-state index in [4.69, 9.17) is 4.74 Å². The Morgan fingerprint density at radius 3 is 2.28 bits per heavy atom. The minimum Gasteiger partial charge on any atom is -0.494 e. The zero-order valence-corrected chi connectivity index (χ0v) is 23.3. The highest BCUT2D eigenvalue weighted by atomic mass is 32.1. The van der Waals surface area contributed by atoms with Crippen molar-refractivity contribution >= 4 is 40.4 Å². The van der Waals surface area contributed by atoms with E-state index in [0.717, 1.165) is 16.0 Å². The maximum atomic E-state index is 13.2. The van der Waals surface area contributed by atoms with Crippen molar-refractivity contribution in [3.63, 3.8) is 0 Å². The van der Waals surface area contributed by atoms with Crippen molar-refractivity contribution in [1.29, 1.82) is 0 Å². The molecule has 4 N–H and O–H groups in total. The van der Waals surface area contributed by atoms with Crippen LogP contribution in [-0.4, -0.2) is 46.5 Å². The van der Waals surface area contributed by atoms with Crippen LogP contribution in [0.1, 0.15) is 36.7 Å². The summed E-state index contributed by atoms with van der Waals surface area (Å²) in [6, 6.07) is 17.7. The Balaban J connectivity index is 1.54. The maximum absolute atomic E-state index is 13.2. The fourth-order valence-corrected chi connectivity index (χ4v) is 4.63. The molecule has 2 heterocycles. The predicted octanol–water partition coefficient (Wildman–Crippen LogP) is 6.34. The highest BCUT2D eigenvalue weighted by Crippen LogP contribution is 2.35. The number of thiophene rings is 1. The summed E-state index contributed by atoms with van der Waals surface area (Å²) in [4.78, 5) is 28.4. The molecule has 2 amide bonds. The fraction of sp³-hybridized carbons (Fsp3) is 0.241. The van der Waals surface area contributed by atoms with Crippen molar-refractivity contribution in [2.45, 2.75) is 32.9 Å². The first-order valence-corrected chi connectivity index (χ1v) is 13.2. The molecule has 0 atom stereocenters. The topological polar surface area (TPSA) is 116 Å². The number of carbonyl (C=O) groups excluding carboxylic acids is 2. The minimum absolute atomic E-state index is 0.0463. The van der Waals surface area contributed by atoms with E-state index in [2.05, 4.69) is 10.6 Å². The molecule has 0 aliphatic rings. The number of amides is 2. The predicted molar refractivity (Wildman–Crippen MR) is 155 cm³/mol. The summed E-state index contributed by atoms with van der Waals surface area (Å²) in [5.74, 6) is -0.470. The molecule has 2 aromatic carbocycles. The third-order valence-corrected chi connectivity index (χ3v) is 6.69. The number of benzene rings is 2. The van der Waals surface area contributed by atoms with Crippen molar-refractivity contribution in [3.8, 4) is 22.2 Å². The molecular formula is C29H32N4O5S. The smallest absolute Gasteiger partial charge is 0.412 e. The van der Waals surface area contributed by atoms with Gasteiger partial charge in [0.05, 0.1) is 17.9 Å². The Kier molecular flexibility index (Phi) is 7.87. The zero-order chi connectivity index (χ0) is 28.3. The molecule has 10 heteroatoms. The molecule has 0 spiro atoms. The number of hydrogen-bond donors (Lipinski definition) is 4. The van der Waals surface area contributed by atoms with E-state index in [0.29, 0.717) is 22.6 Å². The van der Waals surface area contributed by atoms with Crippen LogP contribution in [0.2, 0.25) is 0 Å². The molecule has 0 aliphatic carbocycles. The minimum atomic E-state index is -0.672. The van der Waals surface area contributed by atoms with E-state index in [1.165, 1.54) is 10.6 Å². The van der Waals surface area contributed by atoms with Gasteiger partial charge in [-0.3, -0.25) is 14.7 Å². The molecule has 9 nitrogen and oxygen atoms in total. The second-order valence-corrected chi connectivity index (χ2v) is 11.2. The van der Waals surface area contributed by atoms with E-state index in [9.17, 15) is 19.8 Å². The van der Waals surface area contributed by atoms with Gasteiger partial charge in [0.2, 0.25) is 5.88 Å². The van der Waals surface area contributed by atoms with Gasteiger partial charge < -0.3 is 25.2 Å². The van der Waals surface area contributed by atoms with Crippen LogP contribution in [0.5, 0.6) is 11.8 Å². The fourth-order valence-electron chi connectivity index (χ4n) is 3.90. The number of nitrogens with one attached hydrogen (secondary N) is 2. The molecule has 4 rings (SSSR count). The van der Waals surface area contributed by atoms with Gasteiger partial charge in [0.1, 0.15) is 11.3 Å². The second kappa shape index (κ2) is 11.1. The summed E-state index contributed by atoms with van der Waals surface area (Å²) in [6.45, 7) is 5.55. The van der Waals surface area contributed by atoms with E-state index in [-0.39, 0.29) is 24.2 Å².